The Labute approximate surface area is 161 Å². The molecule has 3 aromatic rings. The van der Waals surface area contributed by atoms with Crippen LogP contribution in [0.3, 0.4) is 0 Å². The first-order valence-electron chi connectivity index (χ1n) is 8.79. The molecule has 0 amide bonds. The summed E-state index contributed by atoms with van der Waals surface area (Å²) >= 11 is 5.60. The van der Waals surface area contributed by atoms with E-state index in [1.54, 1.807) is 0 Å². The Morgan fingerprint density at radius 3 is 2.23 bits per heavy atom. The maximum atomic E-state index is 5.60. The average molecular weight is 361 g/mol. The first-order valence-corrected chi connectivity index (χ1v) is 9.20. The number of hydrogen-bond acceptors (Lipinski definition) is 1. The molecule has 0 aliphatic heterocycles. The topological polar surface area (TPSA) is 24.1 Å². The van der Waals surface area contributed by atoms with Gasteiger partial charge < -0.3 is 10.6 Å². The van der Waals surface area contributed by atoms with Gasteiger partial charge in [0.05, 0.1) is 6.04 Å². The quantitative estimate of drug-likeness (QED) is 0.585. The second-order valence-corrected chi connectivity index (χ2v) is 7.08. The van der Waals surface area contributed by atoms with Crippen molar-refractivity contribution in [2.24, 2.45) is 0 Å². The highest BCUT2D eigenvalue weighted by Crippen LogP contribution is 2.26. The highest BCUT2D eigenvalue weighted by Gasteiger charge is 2.17. The molecule has 0 unspecified atom stereocenters. The summed E-state index contributed by atoms with van der Waals surface area (Å²) in [6.45, 7) is 6.34. The van der Waals surface area contributed by atoms with E-state index in [4.69, 9.17) is 12.2 Å². The zero-order valence-electron chi connectivity index (χ0n) is 15.4. The van der Waals surface area contributed by atoms with Gasteiger partial charge in [0.25, 0.3) is 0 Å². The van der Waals surface area contributed by atoms with Crippen LogP contribution in [0.25, 0.3) is 0 Å². The van der Waals surface area contributed by atoms with Crippen LogP contribution in [0.1, 0.15) is 33.9 Å². The molecule has 0 bridgehead atoms. The molecule has 1 atom stereocenters. The lowest BCUT2D eigenvalue weighted by Gasteiger charge is -2.24. The minimum atomic E-state index is 0.00149. The molecule has 0 fully saturated rings. The summed E-state index contributed by atoms with van der Waals surface area (Å²) in [6.07, 6.45) is 0. The molecule has 2 N–H and O–H groups in total. The number of benzene rings is 3. The molecule has 0 radical (unpaired) electrons. The van der Waals surface area contributed by atoms with E-state index in [9.17, 15) is 0 Å². The van der Waals surface area contributed by atoms with Crippen LogP contribution in [0.5, 0.6) is 0 Å². The summed E-state index contributed by atoms with van der Waals surface area (Å²) in [5, 5.41) is 7.42. The van der Waals surface area contributed by atoms with Crippen LogP contribution in [0.2, 0.25) is 0 Å². The third-order valence-corrected chi connectivity index (χ3v) is 4.64. The summed E-state index contributed by atoms with van der Waals surface area (Å²) in [5.74, 6) is 0. The standard InChI is InChI=1S/C23H24N2S/c1-16-8-7-11-20(15-16)24-23(26)25-22(19-9-5-4-6-10-19)21-13-12-17(2)14-18(21)3/h4-15,22H,1-3H3,(H2,24,25,26)/t22-/m0/s1. The Hall–Kier alpha value is -2.65. The van der Waals surface area contributed by atoms with Gasteiger partial charge in [-0.2, -0.15) is 0 Å². The predicted molar refractivity (Wildman–Crippen MR) is 115 cm³/mol. The molecule has 0 saturated carbocycles. The van der Waals surface area contributed by atoms with Gasteiger partial charge in [0.15, 0.2) is 5.11 Å². The Bertz CT molecular complexity index is 903. The number of hydrogen-bond donors (Lipinski definition) is 2. The van der Waals surface area contributed by atoms with E-state index in [1.807, 2.05) is 18.2 Å². The van der Waals surface area contributed by atoms with E-state index >= 15 is 0 Å². The molecule has 0 heterocycles. The van der Waals surface area contributed by atoms with Crippen LogP contribution in [0.4, 0.5) is 5.69 Å². The van der Waals surface area contributed by atoms with Crippen LogP contribution in [0, 0.1) is 20.8 Å². The number of rotatable bonds is 4. The molecule has 3 aromatic carbocycles. The van der Waals surface area contributed by atoms with E-state index in [1.165, 1.54) is 27.8 Å². The van der Waals surface area contributed by atoms with Gasteiger partial charge in [0.1, 0.15) is 0 Å². The van der Waals surface area contributed by atoms with Crippen LogP contribution < -0.4 is 10.6 Å². The van der Waals surface area contributed by atoms with E-state index in [-0.39, 0.29) is 6.04 Å². The van der Waals surface area contributed by atoms with Crippen molar-refractivity contribution >= 4 is 23.0 Å². The summed E-state index contributed by atoms with van der Waals surface area (Å²) in [5.41, 5.74) is 7.13. The zero-order chi connectivity index (χ0) is 18.5. The lowest BCUT2D eigenvalue weighted by Crippen LogP contribution is -2.33. The highest BCUT2D eigenvalue weighted by molar-refractivity contribution is 7.80. The molecule has 0 aliphatic carbocycles. The number of aryl methyl sites for hydroxylation is 3. The second kappa shape index (κ2) is 8.15. The third kappa shape index (κ3) is 4.50. The van der Waals surface area contributed by atoms with Crippen molar-refractivity contribution < 1.29 is 0 Å². The molecular weight excluding hydrogens is 336 g/mol. The smallest absolute Gasteiger partial charge is 0.171 e. The number of thiocarbonyl (C=S) groups is 1. The van der Waals surface area contributed by atoms with Crippen molar-refractivity contribution in [3.05, 3.63) is 101 Å². The van der Waals surface area contributed by atoms with Gasteiger partial charge in [-0.05, 0) is 67.4 Å². The first kappa shape index (κ1) is 18.2. The van der Waals surface area contributed by atoms with Gasteiger partial charge >= 0.3 is 0 Å². The van der Waals surface area contributed by atoms with Crippen molar-refractivity contribution in [3.63, 3.8) is 0 Å². The largest absolute Gasteiger partial charge is 0.352 e. The van der Waals surface area contributed by atoms with E-state index in [0.717, 1.165) is 5.69 Å². The predicted octanol–water partition coefficient (Wildman–Crippen LogP) is 5.69. The van der Waals surface area contributed by atoms with E-state index in [0.29, 0.717) is 5.11 Å². The molecule has 0 saturated heterocycles. The van der Waals surface area contributed by atoms with Crippen molar-refractivity contribution in [1.82, 2.24) is 5.32 Å². The molecule has 0 aromatic heterocycles. The van der Waals surface area contributed by atoms with Gasteiger partial charge in [-0.25, -0.2) is 0 Å². The molecule has 0 aliphatic rings. The van der Waals surface area contributed by atoms with Gasteiger partial charge in [-0.3, -0.25) is 0 Å². The van der Waals surface area contributed by atoms with Gasteiger partial charge in [0.2, 0.25) is 0 Å². The van der Waals surface area contributed by atoms with Gasteiger partial charge in [-0.1, -0.05) is 66.2 Å². The molecule has 0 spiro atoms. The summed E-state index contributed by atoms with van der Waals surface area (Å²) in [4.78, 5) is 0. The fraction of sp³-hybridized carbons (Fsp3) is 0.174. The average Bonchev–Trinajstić information content (AvgIpc) is 2.61. The Kier molecular flexibility index (Phi) is 5.69. The third-order valence-electron chi connectivity index (χ3n) is 4.42. The van der Waals surface area contributed by atoms with E-state index in [2.05, 4.69) is 86.0 Å². The van der Waals surface area contributed by atoms with Crippen molar-refractivity contribution in [2.45, 2.75) is 26.8 Å². The van der Waals surface area contributed by atoms with Crippen molar-refractivity contribution in [2.75, 3.05) is 5.32 Å². The Morgan fingerprint density at radius 1 is 0.808 bits per heavy atom. The molecule has 2 nitrogen and oxygen atoms in total. The maximum absolute atomic E-state index is 5.60. The number of nitrogens with one attached hydrogen (secondary N) is 2. The fourth-order valence-corrected chi connectivity index (χ4v) is 3.39. The zero-order valence-corrected chi connectivity index (χ0v) is 16.2. The lowest BCUT2D eigenvalue weighted by atomic mass is 9.94. The monoisotopic (exact) mass is 360 g/mol. The summed E-state index contributed by atoms with van der Waals surface area (Å²) in [7, 11) is 0. The molecule has 132 valence electrons. The fourth-order valence-electron chi connectivity index (χ4n) is 3.16. The van der Waals surface area contributed by atoms with Crippen LogP contribution in [-0.4, -0.2) is 5.11 Å². The highest BCUT2D eigenvalue weighted by atomic mass is 32.1. The normalized spacial score (nSPS) is 11.7. The molecular formula is C23H24N2S. The molecule has 26 heavy (non-hydrogen) atoms. The number of anilines is 1. The minimum Gasteiger partial charge on any atom is -0.352 e. The summed E-state index contributed by atoms with van der Waals surface area (Å²) in [6, 6.07) is 25.2. The molecule has 3 heteroatoms. The van der Waals surface area contributed by atoms with Crippen LogP contribution in [-0.2, 0) is 0 Å². The summed E-state index contributed by atoms with van der Waals surface area (Å²) < 4.78 is 0. The molecule has 3 rings (SSSR count). The van der Waals surface area contributed by atoms with Crippen molar-refractivity contribution in [1.29, 1.82) is 0 Å². The Balaban J connectivity index is 1.87. The second-order valence-electron chi connectivity index (χ2n) is 6.67. The minimum absolute atomic E-state index is 0.00149. The first-order chi connectivity index (χ1) is 12.5. The Morgan fingerprint density at radius 2 is 1.54 bits per heavy atom. The lowest BCUT2D eigenvalue weighted by molar-refractivity contribution is 0.762. The van der Waals surface area contributed by atoms with Crippen LogP contribution in [0.15, 0.2) is 72.8 Å². The maximum Gasteiger partial charge on any atom is 0.171 e. The van der Waals surface area contributed by atoms with Crippen molar-refractivity contribution in [3.8, 4) is 0 Å². The van der Waals surface area contributed by atoms with E-state index < -0.39 is 0 Å². The van der Waals surface area contributed by atoms with Gasteiger partial charge in [0, 0.05) is 5.69 Å². The van der Waals surface area contributed by atoms with Crippen LogP contribution >= 0.6 is 12.2 Å². The van der Waals surface area contributed by atoms with Gasteiger partial charge in [-0.15, -0.1) is 0 Å². The SMILES string of the molecule is Cc1cccc(NC(=S)N[C@@H](c2ccccc2)c2ccc(C)cc2C)c1.